The molecule has 1 atom stereocenters. The van der Waals surface area contributed by atoms with Gasteiger partial charge in [-0.1, -0.05) is 79.7 Å². The van der Waals surface area contributed by atoms with Crippen molar-refractivity contribution in [3.8, 4) is 11.8 Å². The summed E-state index contributed by atoms with van der Waals surface area (Å²) in [4.78, 5) is 28.1. The van der Waals surface area contributed by atoms with Gasteiger partial charge in [0.05, 0.1) is 35.4 Å². The monoisotopic (exact) mass is 634 g/mol. The Balaban J connectivity index is 1.43. The maximum Gasteiger partial charge on any atom is 0.234 e. The third-order valence-electron chi connectivity index (χ3n) is 7.45. The highest BCUT2D eigenvalue weighted by Crippen LogP contribution is 2.50. The minimum absolute atomic E-state index is 0.00418. The van der Waals surface area contributed by atoms with Crippen molar-refractivity contribution >= 4 is 57.2 Å². The number of carbonyl (C=O) groups excluding carboxylic acids is 2. The van der Waals surface area contributed by atoms with Crippen LogP contribution in [0.1, 0.15) is 50.7 Å². The van der Waals surface area contributed by atoms with E-state index in [0.717, 1.165) is 17.7 Å². The lowest BCUT2D eigenvalue weighted by atomic mass is 9.68. The van der Waals surface area contributed by atoms with Crippen LogP contribution in [-0.4, -0.2) is 34.8 Å². The van der Waals surface area contributed by atoms with E-state index < -0.39 is 5.92 Å². The van der Waals surface area contributed by atoms with Gasteiger partial charge in [-0.2, -0.15) is 5.26 Å². The molecule has 1 unspecified atom stereocenters. The summed E-state index contributed by atoms with van der Waals surface area (Å²) in [7, 11) is 1.52. The summed E-state index contributed by atoms with van der Waals surface area (Å²) in [5.74, 6) is 0.0376. The molecule has 222 valence electrons. The van der Waals surface area contributed by atoms with E-state index in [9.17, 15) is 14.9 Å². The number of methoxy groups -OCH3 is 1. The average Bonchev–Trinajstić information content (AvgIpc) is 3.43. The summed E-state index contributed by atoms with van der Waals surface area (Å²) >= 11 is 8.64. The maximum absolute atomic E-state index is 13.7. The number of nitriles is 1. The molecule has 0 saturated heterocycles. The number of aryl methyl sites for hydroxylation is 1. The Bertz CT molecular complexity index is 1690. The number of aromatic nitrogens is 2. The van der Waals surface area contributed by atoms with E-state index in [-0.39, 0.29) is 28.7 Å². The van der Waals surface area contributed by atoms with E-state index in [0.29, 0.717) is 49.9 Å². The summed E-state index contributed by atoms with van der Waals surface area (Å²) in [6.45, 7) is 6.18. The molecular weight excluding hydrogens is 604 g/mol. The van der Waals surface area contributed by atoms with Gasteiger partial charge in [0.2, 0.25) is 11.0 Å². The number of anilines is 2. The Morgan fingerprint density at radius 1 is 1.26 bits per heavy atom. The van der Waals surface area contributed by atoms with E-state index in [1.807, 2.05) is 38.1 Å². The summed E-state index contributed by atoms with van der Waals surface area (Å²) in [5.41, 5.74) is 10.6. The lowest BCUT2D eigenvalue weighted by molar-refractivity contribution is -0.118. The second-order valence-electron chi connectivity index (χ2n) is 11.1. The molecule has 3 N–H and O–H groups in total. The predicted molar refractivity (Wildman–Crippen MR) is 170 cm³/mol. The number of halogens is 1. The Hall–Kier alpha value is -3.85. The number of Topliss-reactive ketones (excluding diaryl/α,β-unsaturated/α-hetero) is 1. The number of nitrogens with two attached hydrogens (primary N) is 1. The SMILES string of the molecule is CCc1ccc(C2C(C#N)=C(N)N(c3nnc(SCC(=O)Nc4ccc(OC)c(Cl)c4)s3)C3=C2C(=O)CC(C)(C)C3)cc1. The summed E-state index contributed by atoms with van der Waals surface area (Å²) in [6.07, 6.45) is 1.83. The van der Waals surface area contributed by atoms with E-state index in [1.165, 1.54) is 35.8 Å². The van der Waals surface area contributed by atoms with Gasteiger partial charge in [-0.05, 0) is 47.6 Å². The molecule has 12 heteroatoms. The number of carbonyl (C=O) groups is 2. The highest BCUT2D eigenvalue weighted by Gasteiger charge is 2.45. The normalized spacial score (nSPS) is 17.9. The minimum atomic E-state index is -0.553. The highest BCUT2D eigenvalue weighted by molar-refractivity contribution is 8.01. The second-order valence-corrected chi connectivity index (χ2v) is 13.7. The van der Waals surface area contributed by atoms with Crippen LogP contribution in [0.4, 0.5) is 10.8 Å². The molecule has 43 heavy (non-hydrogen) atoms. The van der Waals surface area contributed by atoms with Crippen molar-refractivity contribution in [3.05, 3.63) is 81.3 Å². The molecule has 2 aromatic carbocycles. The minimum Gasteiger partial charge on any atom is -0.495 e. The maximum atomic E-state index is 13.7. The first-order valence-electron chi connectivity index (χ1n) is 13.7. The smallest absolute Gasteiger partial charge is 0.234 e. The molecule has 1 amide bonds. The Morgan fingerprint density at radius 3 is 2.65 bits per heavy atom. The number of ether oxygens (including phenoxy) is 1. The van der Waals surface area contributed by atoms with Crippen molar-refractivity contribution in [2.75, 3.05) is 23.1 Å². The molecule has 3 aromatic rings. The van der Waals surface area contributed by atoms with Gasteiger partial charge in [0.15, 0.2) is 10.1 Å². The standard InChI is InChI=1S/C31H31ClN6O3S2/c1-5-17-6-8-18(9-7-17)26-20(15-33)28(34)38(22-13-31(2,3)14-23(39)27(22)26)29-36-37-30(43-29)42-16-25(40)35-19-10-11-24(41-4)21(32)12-19/h6-12,26H,5,13-14,16,34H2,1-4H3,(H,35,40). The van der Waals surface area contributed by atoms with Crippen molar-refractivity contribution in [1.82, 2.24) is 10.2 Å². The van der Waals surface area contributed by atoms with Crippen LogP contribution >= 0.6 is 34.7 Å². The molecule has 1 aliphatic heterocycles. The molecular formula is C31H31ClN6O3S2. The van der Waals surface area contributed by atoms with Gasteiger partial charge >= 0.3 is 0 Å². The van der Waals surface area contributed by atoms with Gasteiger partial charge in [0, 0.05) is 23.4 Å². The lowest BCUT2D eigenvalue weighted by Crippen LogP contribution is -2.42. The Labute approximate surface area is 263 Å². The zero-order valence-corrected chi connectivity index (χ0v) is 26.6. The van der Waals surface area contributed by atoms with Gasteiger partial charge in [0.1, 0.15) is 11.6 Å². The van der Waals surface area contributed by atoms with E-state index in [1.54, 1.807) is 23.1 Å². The fourth-order valence-electron chi connectivity index (χ4n) is 5.43. The van der Waals surface area contributed by atoms with Gasteiger partial charge in [-0.3, -0.25) is 14.5 Å². The number of allylic oxidation sites excluding steroid dienone is 3. The van der Waals surface area contributed by atoms with Crippen LogP contribution in [0.3, 0.4) is 0 Å². The molecule has 0 bridgehead atoms. The fraction of sp³-hybridized carbons (Fsp3) is 0.323. The quantitative estimate of drug-likeness (QED) is 0.269. The lowest BCUT2D eigenvalue weighted by Gasteiger charge is -2.42. The largest absolute Gasteiger partial charge is 0.495 e. The average molecular weight is 635 g/mol. The van der Waals surface area contributed by atoms with Gasteiger partial charge < -0.3 is 15.8 Å². The van der Waals surface area contributed by atoms with Gasteiger partial charge in [0.25, 0.3) is 0 Å². The first-order valence-corrected chi connectivity index (χ1v) is 15.9. The van der Waals surface area contributed by atoms with Crippen LogP contribution in [0.15, 0.2) is 69.5 Å². The third kappa shape index (κ3) is 6.27. The first kappa shape index (κ1) is 30.6. The van der Waals surface area contributed by atoms with Crippen molar-refractivity contribution < 1.29 is 14.3 Å². The van der Waals surface area contributed by atoms with Crippen LogP contribution in [0.2, 0.25) is 5.02 Å². The number of benzene rings is 2. The summed E-state index contributed by atoms with van der Waals surface area (Å²) in [6, 6.07) is 15.3. The van der Waals surface area contributed by atoms with Crippen LogP contribution in [0.25, 0.3) is 0 Å². The molecule has 9 nitrogen and oxygen atoms in total. The Morgan fingerprint density at radius 2 is 2.00 bits per heavy atom. The third-order valence-corrected chi connectivity index (χ3v) is 9.79. The Kier molecular flexibility index (Phi) is 8.83. The molecule has 1 aromatic heterocycles. The fourth-order valence-corrected chi connectivity index (χ4v) is 7.36. The van der Waals surface area contributed by atoms with E-state index >= 15 is 0 Å². The molecule has 0 fully saturated rings. The molecule has 0 spiro atoms. The van der Waals surface area contributed by atoms with Crippen LogP contribution in [-0.2, 0) is 16.0 Å². The van der Waals surface area contributed by atoms with Crippen LogP contribution in [0.5, 0.6) is 5.75 Å². The number of nitrogens with one attached hydrogen (secondary N) is 1. The van der Waals surface area contributed by atoms with E-state index in [4.69, 9.17) is 22.1 Å². The number of thioether (sulfide) groups is 1. The topological polar surface area (TPSA) is 134 Å². The molecule has 1 aliphatic carbocycles. The summed E-state index contributed by atoms with van der Waals surface area (Å²) < 4.78 is 5.70. The predicted octanol–water partition coefficient (Wildman–Crippen LogP) is 6.43. The number of hydrogen-bond donors (Lipinski definition) is 2. The van der Waals surface area contributed by atoms with Crippen molar-refractivity contribution in [1.29, 1.82) is 5.26 Å². The zero-order valence-electron chi connectivity index (χ0n) is 24.2. The zero-order chi connectivity index (χ0) is 30.9. The first-order chi connectivity index (χ1) is 20.5. The number of amides is 1. The molecule has 2 heterocycles. The van der Waals surface area contributed by atoms with Crippen molar-refractivity contribution in [2.45, 2.75) is 50.3 Å². The van der Waals surface area contributed by atoms with Crippen molar-refractivity contribution in [3.63, 3.8) is 0 Å². The number of ketones is 1. The van der Waals surface area contributed by atoms with Crippen LogP contribution < -0.4 is 20.7 Å². The highest BCUT2D eigenvalue weighted by atomic mass is 35.5. The van der Waals surface area contributed by atoms with Crippen LogP contribution in [0, 0.1) is 16.7 Å². The van der Waals surface area contributed by atoms with Crippen molar-refractivity contribution in [2.24, 2.45) is 11.1 Å². The molecule has 0 saturated carbocycles. The molecule has 5 rings (SSSR count). The van der Waals surface area contributed by atoms with Gasteiger partial charge in [-0.15, -0.1) is 10.2 Å². The van der Waals surface area contributed by atoms with E-state index in [2.05, 4.69) is 28.5 Å². The molecule has 0 radical (unpaired) electrons. The molecule has 2 aliphatic rings. The van der Waals surface area contributed by atoms with Gasteiger partial charge in [-0.25, -0.2) is 0 Å². The second kappa shape index (κ2) is 12.4. The number of hydrogen-bond acceptors (Lipinski definition) is 10. The number of rotatable bonds is 8. The number of nitrogens with zero attached hydrogens (tertiary/aromatic N) is 4. The summed E-state index contributed by atoms with van der Waals surface area (Å²) in [5, 5.41) is 22.6.